The predicted molar refractivity (Wildman–Crippen MR) is 69.5 cm³/mol. The summed E-state index contributed by atoms with van der Waals surface area (Å²) in [6.45, 7) is 0.512. The Morgan fingerprint density at radius 2 is 2.24 bits per heavy atom. The van der Waals surface area contributed by atoms with Crippen molar-refractivity contribution in [1.82, 2.24) is 4.90 Å². The molecular formula is C14H13F3N2O2. The van der Waals surface area contributed by atoms with Gasteiger partial charge in [0.1, 0.15) is 5.70 Å². The van der Waals surface area contributed by atoms with Crippen molar-refractivity contribution in [2.24, 2.45) is 4.99 Å². The summed E-state index contributed by atoms with van der Waals surface area (Å²) in [7, 11) is 1.62. The van der Waals surface area contributed by atoms with Crippen LogP contribution in [0.15, 0.2) is 40.1 Å². The van der Waals surface area contributed by atoms with Crippen LogP contribution in [0.5, 0.6) is 0 Å². The van der Waals surface area contributed by atoms with Gasteiger partial charge in [0.05, 0.1) is 5.71 Å². The number of fused-ring (bicyclic) bond motifs is 2. The van der Waals surface area contributed by atoms with E-state index in [2.05, 4.69) is 9.73 Å². The van der Waals surface area contributed by atoms with E-state index in [-0.39, 0.29) is 0 Å². The number of likely N-dealkylation sites (N-methyl/N-ethyl adjacent to an activating group) is 1. The van der Waals surface area contributed by atoms with E-state index in [1.165, 1.54) is 0 Å². The summed E-state index contributed by atoms with van der Waals surface area (Å²) in [4.78, 5) is 17.0. The molecule has 0 saturated carbocycles. The van der Waals surface area contributed by atoms with Gasteiger partial charge in [0.2, 0.25) is 0 Å². The second-order valence-corrected chi connectivity index (χ2v) is 5.10. The van der Waals surface area contributed by atoms with Gasteiger partial charge < -0.3 is 4.74 Å². The molecule has 2 aliphatic heterocycles. The first-order chi connectivity index (χ1) is 9.88. The van der Waals surface area contributed by atoms with Crippen LogP contribution in [0.3, 0.4) is 0 Å². The Morgan fingerprint density at radius 1 is 1.48 bits per heavy atom. The van der Waals surface area contributed by atoms with Gasteiger partial charge in [-0.1, -0.05) is 12.2 Å². The smallest absolute Gasteiger partial charge is 0.434 e. The summed E-state index contributed by atoms with van der Waals surface area (Å²) in [6, 6.07) is 0. The molecule has 7 heteroatoms. The van der Waals surface area contributed by atoms with E-state index in [1.807, 2.05) is 18.2 Å². The number of carbonyl (C=O) groups excluding carboxylic acids is 1. The van der Waals surface area contributed by atoms with E-state index >= 15 is 0 Å². The molecule has 1 atom stereocenters. The third-order valence-electron chi connectivity index (χ3n) is 3.68. The minimum atomic E-state index is -5.00. The van der Waals surface area contributed by atoms with Gasteiger partial charge in [-0.2, -0.15) is 13.2 Å². The Balaban J connectivity index is 1.92. The number of hydrogen-bond donors (Lipinski definition) is 0. The molecule has 3 aliphatic rings. The molecule has 2 heterocycles. The molecule has 0 amide bonds. The van der Waals surface area contributed by atoms with E-state index in [1.54, 1.807) is 11.9 Å². The lowest BCUT2D eigenvalue weighted by molar-refractivity contribution is -0.209. The quantitative estimate of drug-likeness (QED) is 0.698. The number of alkyl halides is 3. The van der Waals surface area contributed by atoms with Gasteiger partial charge in [-0.15, -0.1) is 0 Å². The minimum Gasteiger partial charge on any atom is -0.434 e. The number of rotatable bonds is 1. The Bertz CT molecular complexity index is 614. The Hall–Kier alpha value is -1.89. The summed E-state index contributed by atoms with van der Waals surface area (Å²) in [6.07, 6.45) is 1.13. The zero-order valence-corrected chi connectivity index (χ0v) is 11.3. The van der Waals surface area contributed by atoms with Crippen LogP contribution in [-0.2, 0) is 9.53 Å². The van der Waals surface area contributed by atoms with E-state index < -0.39 is 18.4 Å². The Kier molecular flexibility index (Phi) is 3.24. The number of esters is 1. The number of aliphatic imine (C=N–C) groups is 1. The summed E-state index contributed by atoms with van der Waals surface area (Å²) in [5.41, 5.74) is 2.98. The standard InChI is InChI=1S/C14H13F3N2O2/c1-19-7-6-9-8-4-2-3-5-10(8)18-11(9)12(19)21-13(20)14(15,16)17/h3-5,12H,2,6-7H2,1H3. The van der Waals surface area contributed by atoms with Crippen molar-refractivity contribution in [2.45, 2.75) is 25.2 Å². The molecule has 0 aromatic carbocycles. The van der Waals surface area contributed by atoms with Crippen LogP contribution in [0.2, 0.25) is 0 Å². The van der Waals surface area contributed by atoms with Crippen LogP contribution in [0.1, 0.15) is 12.8 Å². The highest BCUT2D eigenvalue weighted by Crippen LogP contribution is 2.38. The number of nitrogens with zero attached hydrogens (tertiary/aromatic N) is 2. The molecule has 21 heavy (non-hydrogen) atoms. The third kappa shape index (κ3) is 2.42. The Morgan fingerprint density at radius 3 is 2.95 bits per heavy atom. The SMILES string of the molecule is CN1CCC2=C(N=C3C=CCC=C32)C1OC(=O)C(F)(F)F. The maximum atomic E-state index is 12.4. The number of ether oxygens (including phenoxy) is 1. The van der Waals surface area contributed by atoms with Gasteiger partial charge in [-0.25, -0.2) is 9.79 Å². The molecule has 1 unspecified atom stereocenters. The lowest BCUT2D eigenvalue weighted by Crippen LogP contribution is -2.43. The number of allylic oxidation sites excluding steroid dienone is 4. The molecule has 0 bridgehead atoms. The van der Waals surface area contributed by atoms with Crippen molar-refractivity contribution in [3.8, 4) is 0 Å². The molecule has 1 aliphatic carbocycles. The number of carbonyl (C=O) groups is 1. The van der Waals surface area contributed by atoms with Gasteiger partial charge >= 0.3 is 12.1 Å². The summed E-state index contributed by atoms with van der Waals surface area (Å²) >= 11 is 0. The van der Waals surface area contributed by atoms with E-state index in [0.29, 0.717) is 18.7 Å². The van der Waals surface area contributed by atoms with Crippen LogP contribution in [0.4, 0.5) is 13.2 Å². The number of halogens is 3. The largest absolute Gasteiger partial charge is 0.490 e. The molecule has 4 nitrogen and oxygen atoms in total. The highest BCUT2D eigenvalue weighted by atomic mass is 19.4. The van der Waals surface area contributed by atoms with Gasteiger partial charge in [0, 0.05) is 12.1 Å². The first-order valence-electron chi connectivity index (χ1n) is 6.55. The van der Waals surface area contributed by atoms with Crippen molar-refractivity contribution in [2.75, 3.05) is 13.6 Å². The summed E-state index contributed by atoms with van der Waals surface area (Å²) < 4.78 is 41.8. The molecule has 0 saturated heterocycles. The molecule has 3 rings (SSSR count). The van der Waals surface area contributed by atoms with E-state index in [4.69, 9.17) is 0 Å². The predicted octanol–water partition coefficient (Wildman–Crippen LogP) is 2.35. The highest BCUT2D eigenvalue weighted by Gasteiger charge is 2.45. The molecule has 0 N–H and O–H groups in total. The molecule has 0 spiro atoms. The van der Waals surface area contributed by atoms with Gasteiger partial charge in [0.25, 0.3) is 0 Å². The average molecular weight is 298 g/mol. The molecule has 112 valence electrons. The Labute approximate surface area is 119 Å². The fourth-order valence-electron chi connectivity index (χ4n) is 2.67. The zero-order valence-electron chi connectivity index (χ0n) is 11.3. The first kappa shape index (κ1) is 14.1. The van der Waals surface area contributed by atoms with Gasteiger partial charge in [-0.05, 0) is 31.5 Å². The molecular weight excluding hydrogens is 285 g/mol. The van der Waals surface area contributed by atoms with Crippen LogP contribution < -0.4 is 0 Å². The van der Waals surface area contributed by atoms with Crippen LogP contribution >= 0.6 is 0 Å². The fourth-order valence-corrected chi connectivity index (χ4v) is 2.67. The van der Waals surface area contributed by atoms with Crippen molar-refractivity contribution >= 4 is 11.7 Å². The van der Waals surface area contributed by atoms with Crippen LogP contribution in [0.25, 0.3) is 0 Å². The van der Waals surface area contributed by atoms with Crippen molar-refractivity contribution in [3.05, 3.63) is 35.1 Å². The van der Waals surface area contributed by atoms with Crippen molar-refractivity contribution in [3.63, 3.8) is 0 Å². The fraction of sp³-hybridized carbons (Fsp3) is 0.429. The monoisotopic (exact) mass is 298 g/mol. The van der Waals surface area contributed by atoms with Crippen molar-refractivity contribution < 1.29 is 22.7 Å². The van der Waals surface area contributed by atoms with Gasteiger partial charge in [0.15, 0.2) is 6.23 Å². The van der Waals surface area contributed by atoms with Gasteiger partial charge in [-0.3, -0.25) is 4.90 Å². The lowest BCUT2D eigenvalue weighted by Gasteiger charge is -2.32. The zero-order chi connectivity index (χ0) is 15.2. The molecule has 0 fully saturated rings. The molecule has 0 radical (unpaired) electrons. The highest BCUT2D eigenvalue weighted by molar-refractivity contribution is 6.14. The topological polar surface area (TPSA) is 41.9 Å². The van der Waals surface area contributed by atoms with Crippen LogP contribution in [-0.4, -0.2) is 42.6 Å². The second-order valence-electron chi connectivity index (χ2n) is 5.10. The van der Waals surface area contributed by atoms with Crippen molar-refractivity contribution in [1.29, 1.82) is 0 Å². The maximum Gasteiger partial charge on any atom is 0.490 e. The summed E-state index contributed by atoms with van der Waals surface area (Å²) in [5.74, 6) is -2.19. The van der Waals surface area contributed by atoms with E-state index in [0.717, 1.165) is 23.3 Å². The van der Waals surface area contributed by atoms with Crippen LogP contribution in [0, 0.1) is 0 Å². The molecule has 0 aromatic rings. The third-order valence-corrected chi connectivity index (χ3v) is 3.68. The second kappa shape index (κ2) is 4.84. The first-order valence-corrected chi connectivity index (χ1v) is 6.55. The normalized spacial score (nSPS) is 25.2. The maximum absolute atomic E-state index is 12.4. The average Bonchev–Trinajstić information content (AvgIpc) is 2.79. The summed E-state index contributed by atoms with van der Waals surface area (Å²) in [5, 5.41) is 0. The lowest BCUT2D eigenvalue weighted by atomic mass is 9.93. The van der Waals surface area contributed by atoms with E-state index in [9.17, 15) is 18.0 Å². The number of hydrogen-bond acceptors (Lipinski definition) is 4. The minimum absolute atomic E-state index is 0.411. The molecule has 0 aromatic heterocycles.